The molecule has 0 radical (unpaired) electrons. The van der Waals surface area contributed by atoms with Crippen molar-refractivity contribution >= 4 is 5.91 Å². The summed E-state index contributed by atoms with van der Waals surface area (Å²) in [6.45, 7) is 0. The van der Waals surface area contributed by atoms with Crippen LogP contribution in [0.2, 0.25) is 0 Å². The van der Waals surface area contributed by atoms with Crippen molar-refractivity contribution in [3.05, 3.63) is 65.5 Å². The first-order chi connectivity index (χ1) is 10.2. The highest BCUT2D eigenvalue weighted by Gasteiger charge is 2.36. The van der Waals surface area contributed by atoms with E-state index in [9.17, 15) is 4.79 Å². The number of nitrogens with two attached hydrogens (primary N) is 1. The van der Waals surface area contributed by atoms with Crippen molar-refractivity contribution in [1.82, 2.24) is 4.98 Å². The molecule has 1 aliphatic carbocycles. The molecule has 2 aromatic rings. The average molecular weight is 280 g/mol. The zero-order chi connectivity index (χ0) is 14.7. The minimum absolute atomic E-state index is 0.0970. The lowest BCUT2D eigenvalue weighted by Gasteiger charge is -2.30. The first-order valence-corrected chi connectivity index (χ1v) is 7.49. The van der Waals surface area contributed by atoms with Crippen LogP contribution in [-0.2, 0) is 11.8 Å². The Bertz CT molecular complexity index is 631. The molecule has 1 aliphatic rings. The molecule has 3 rings (SSSR count). The van der Waals surface area contributed by atoms with Gasteiger partial charge in [0.1, 0.15) is 0 Å². The van der Waals surface area contributed by atoms with Crippen LogP contribution in [0.15, 0.2) is 48.8 Å². The summed E-state index contributed by atoms with van der Waals surface area (Å²) in [6, 6.07) is 11.9. The third-order valence-electron chi connectivity index (χ3n) is 4.65. The predicted molar refractivity (Wildman–Crippen MR) is 83.0 cm³/mol. The van der Waals surface area contributed by atoms with E-state index in [4.69, 9.17) is 5.73 Å². The van der Waals surface area contributed by atoms with Gasteiger partial charge in [-0.25, -0.2) is 0 Å². The van der Waals surface area contributed by atoms with Gasteiger partial charge in [-0.15, -0.1) is 0 Å². The Kier molecular flexibility index (Phi) is 3.74. The molecule has 0 spiro atoms. The minimum atomic E-state index is -0.343. The molecule has 2 N–H and O–H groups in total. The number of hydrogen-bond donors (Lipinski definition) is 1. The molecule has 1 heterocycles. The molecule has 3 nitrogen and oxygen atoms in total. The van der Waals surface area contributed by atoms with Crippen molar-refractivity contribution < 1.29 is 4.79 Å². The monoisotopic (exact) mass is 280 g/mol. The Morgan fingerprint density at radius 2 is 1.90 bits per heavy atom. The zero-order valence-electron chi connectivity index (χ0n) is 12.1. The molecule has 0 atom stereocenters. The lowest BCUT2D eigenvalue weighted by molar-refractivity contribution is 0.0999. The maximum Gasteiger partial charge on any atom is 0.248 e. The SMILES string of the molecule is NC(=O)c1ccccc1CC1(c2cccnc2)CCCC1. The van der Waals surface area contributed by atoms with Gasteiger partial charge in [0.05, 0.1) is 0 Å². The third kappa shape index (κ3) is 2.68. The summed E-state index contributed by atoms with van der Waals surface area (Å²) in [6.07, 6.45) is 9.39. The third-order valence-corrected chi connectivity index (χ3v) is 4.65. The fourth-order valence-electron chi connectivity index (χ4n) is 3.58. The van der Waals surface area contributed by atoms with Gasteiger partial charge in [-0.3, -0.25) is 9.78 Å². The summed E-state index contributed by atoms with van der Waals surface area (Å²) in [4.78, 5) is 15.9. The first-order valence-electron chi connectivity index (χ1n) is 7.49. The van der Waals surface area contributed by atoms with Gasteiger partial charge in [-0.1, -0.05) is 37.1 Å². The molecule has 0 aliphatic heterocycles. The second kappa shape index (κ2) is 5.68. The normalized spacial score (nSPS) is 16.8. The summed E-state index contributed by atoms with van der Waals surface area (Å²) in [5, 5.41) is 0. The fraction of sp³-hybridized carbons (Fsp3) is 0.333. The number of nitrogens with zero attached hydrogens (tertiary/aromatic N) is 1. The van der Waals surface area contributed by atoms with Gasteiger partial charge in [0.25, 0.3) is 0 Å². The molecule has 21 heavy (non-hydrogen) atoms. The first kappa shape index (κ1) is 13.8. The van der Waals surface area contributed by atoms with Crippen molar-refractivity contribution in [3.8, 4) is 0 Å². The molecule has 1 aromatic heterocycles. The highest BCUT2D eigenvalue weighted by Crippen LogP contribution is 2.43. The number of amides is 1. The van der Waals surface area contributed by atoms with Crippen molar-refractivity contribution in [3.63, 3.8) is 0 Å². The molecule has 108 valence electrons. The summed E-state index contributed by atoms with van der Waals surface area (Å²) in [7, 11) is 0. The van der Waals surface area contributed by atoms with Crippen LogP contribution in [0.5, 0.6) is 0 Å². The maximum atomic E-state index is 11.6. The molecular weight excluding hydrogens is 260 g/mol. The van der Waals surface area contributed by atoms with Crippen molar-refractivity contribution in [2.24, 2.45) is 5.73 Å². The highest BCUT2D eigenvalue weighted by molar-refractivity contribution is 5.94. The van der Waals surface area contributed by atoms with E-state index in [0.29, 0.717) is 5.56 Å². The van der Waals surface area contributed by atoms with E-state index in [1.54, 1.807) is 0 Å². The van der Waals surface area contributed by atoms with Crippen LogP contribution >= 0.6 is 0 Å². The number of carbonyl (C=O) groups is 1. The van der Waals surface area contributed by atoms with E-state index in [0.717, 1.165) is 24.8 Å². The number of rotatable bonds is 4. The zero-order valence-corrected chi connectivity index (χ0v) is 12.1. The van der Waals surface area contributed by atoms with Gasteiger partial charge >= 0.3 is 0 Å². The topological polar surface area (TPSA) is 56.0 Å². The van der Waals surface area contributed by atoms with Crippen LogP contribution in [0.3, 0.4) is 0 Å². The number of benzene rings is 1. The standard InChI is InChI=1S/C18H20N2O/c19-17(21)16-8-2-1-6-14(16)12-18(9-3-4-10-18)15-7-5-11-20-13-15/h1-2,5-8,11,13H,3-4,9-10,12H2,(H2,19,21). The number of aromatic nitrogens is 1. The van der Waals surface area contributed by atoms with E-state index < -0.39 is 0 Å². The number of pyridine rings is 1. The second-order valence-electron chi connectivity index (χ2n) is 5.93. The molecular formula is C18H20N2O. The lowest BCUT2D eigenvalue weighted by Crippen LogP contribution is -2.27. The molecule has 1 aromatic carbocycles. The minimum Gasteiger partial charge on any atom is -0.366 e. The van der Waals surface area contributed by atoms with E-state index in [-0.39, 0.29) is 11.3 Å². The Morgan fingerprint density at radius 3 is 2.57 bits per heavy atom. The van der Waals surface area contributed by atoms with Crippen molar-refractivity contribution in [2.75, 3.05) is 0 Å². The quantitative estimate of drug-likeness (QED) is 0.934. The Balaban J connectivity index is 1.99. The van der Waals surface area contributed by atoms with Crippen LogP contribution < -0.4 is 5.73 Å². The van der Waals surface area contributed by atoms with Crippen LogP contribution in [0.1, 0.15) is 47.2 Å². The van der Waals surface area contributed by atoms with E-state index in [1.165, 1.54) is 18.4 Å². The van der Waals surface area contributed by atoms with Gasteiger partial charge in [0.15, 0.2) is 0 Å². The lowest BCUT2D eigenvalue weighted by atomic mass is 9.74. The smallest absolute Gasteiger partial charge is 0.248 e. The Hall–Kier alpha value is -2.16. The predicted octanol–water partition coefficient (Wildman–Crippen LogP) is 3.24. The van der Waals surface area contributed by atoms with Crippen LogP contribution in [0.4, 0.5) is 0 Å². The second-order valence-corrected chi connectivity index (χ2v) is 5.93. The molecule has 3 heteroatoms. The van der Waals surface area contributed by atoms with Gasteiger partial charge in [0.2, 0.25) is 5.91 Å². The number of hydrogen-bond acceptors (Lipinski definition) is 2. The average Bonchev–Trinajstić information content (AvgIpc) is 2.98. The van der Waals surface area contributed by atoms with Gasteiger partial charge < -0.3 is 5.73 Å². The van der Waals surface area contributed by atoms with Crippen LogP contribution in [0.25, 0.3) is 0 Å². The maximum absolute atomic E-state index is 11.6. The molecule has 0 unspecified atom stereocenters. The summed E-state index contributed by atoms with van der Waals surface area (Å²) < 4.78 is 0. The van der Waals surface area contributed by atoms with Crippen LogP contribution in [-0.4, -0.2) is 10.9 Å². The summed E-state index contributed by atoms with van der Waals surface area (Å²) in [5.41, 5.74) is 8.59. The van der Waals surface area contributed by atoms with E-state index in [1.807, 2.05) is 42.7 Å². The summed E-state index contributed by atoms with van der Waals surface area (Å²) >= 11 is 0. The number of carbonyl (C=O) groups excluding carboxylic acids is 1. The van der Waals surface area contributed by atoms with Crippen LogP contribution in [0, 0.1) is 0 Å². The number of primary amides is 1. The Labute approximate surface area is 125 Å². The largest absolute Gasteiger partial charge is 0.366 e. The van der Waals surface area contributed by atoms with E-state index in [2.05, 4.69) is 11.1 Å². The van der Waals surface area contributed by atoms with Gasteiger partial charge in [-0.2, -0.15) is 0 Å². The highest BCUT2D eigenvalue weighted by atomic mass is 16.1. The molecule has 1 fully saturated rings. The summed E-state index contributed by atoms with van der Waals surface area (Å²) in [5.74, 6) is -0.343. The van der Waals surface area contributed by atoms with E-state index >= 15 is 0 Å². The van der Waals surface area contributed by atoms with Crippen molar-refractivity contribution in [1.29, 1.82) is 0 Å². The fourth-order valence-corrected chi connectivity index (χ4v) is 3.58. The molecule has 0 saturated heterocycles. The molecule has 1 saturated carbocycles. The molecule has 0 bridgehead atoms. The molecule has 1 amide bonds. The van der Waals surface area contributed by atoms with Crippen molar-refractivity contribution in [2.45, 2.75) is 37.5 Å². The van der Waals surface area contributed by atoms with Gasteiger partial charge in [0, 0.05) is 23.4 Å². The van der Waals surface area contributed by atoms with Gasteiger partial charge in [-0.05, 0) is 42.5 Å². The Morgan fingerprint density at radius 1 is 1.14 bits per heavy atom.